The van der Waals surface area contributed by atoms with Gasteiger partial charge in [0.25, 0.3) is 0 Å². The number of hydrogen-bond acceptors (Lipinski definition) is 3. The number of nitrogens with one attached hydrogen (secondary N) is 2. The van der Waals surface area contributed by atoms with Crippen LogP contribution in [0, 0.1) is 0 Å². The Labute approximate surface area is 185 Å². The summed E-state index contributed by atoms with van der Waals surface area (Å²) < 4.78 is 6.73. The Hall–Kier alpha value is -0.640. The molecule has 0 amide bonds. The molecule has 1 aliphatic heterocycles. The number of rotatable bonds is 5. The van der Waals surface area contributed by atoms with Crippen LogP contribution < -0.4 is 10.6 Å². The lowest BCUT2D eigenvalue weighted by Crippen LogP contribution is -2.47. The first-order valence-corrected chi connectivity index (χ1v) is 10.2. The van der Waals surface area contributed by atoms with E-state index in [0.717, 1.165) is 49.6 Å². The fraction of sp³-hybridized carbons (Fsp3) is 0.421. The third-order valence-corrected chi connectivity index (χ3v) is 6.03. The SMILES string of the molecule is CN=C(NCc1ccsc1)NCC1(c2ccc(Br)cc2)CCOCC1.I. The Morgan fingerprint density at radius 2 is 1.92 bits per heavy atom. The molecule has 0 atom stereocenters. The molecule has 1 aliphatic rings. The molecule has 3 rings (SSSR count). The lowest BCUT2D eigenvalue weighted by molar-refractivity contribution is 0.0514. The third kappa shape index (κ3) is 5.68. The molecule has 0 radical (unpaired) electrons. The smallest absolute Gasteiger partial charge is 0.191 e. The Morgan fingerprint density at radius 3 is 2.54 bits per heavy atom. The van der Waals surface area contributed by atoms with E-state index in [1.54, 1.807) is 11.3 Å². The van der Waals surface area contributed by atoms with Crippen molar-refractivity contribution in [1.29, 1.82) is 0 Å². The largest absolute Gasteiger partial charge is 0.381 e. The van der Waals surface area contributed by atoms with Crippen LogP contribution in [-0.4, -0.2) is 32.8 Å². The van der Waals surface area contributed by atoms with E-state index in [1.165, 1.54) is 11.1 Å². The number of nitrogens with zero attached hydrogens (tertiary/aromatic N) is 1. The molecule has 0 spiro atoms. The van der Waals surface area contributed by atoms with Gasteiger partial charge in [0, 0.05) is 43.2 Å². The average Bonchev–Trinajstić information content (AvgIpc) is 3.17. The lowest BCUT2D eigenvalue weighted by Gasteiger charge is -2.38. The van der Waals surface area contributed by atoms with Crippen molar-refractivity contribution in [2.75, 3.05) is 26.8 Å². The summed E-state index contributed by atoms with van der Waals surface area (Å²) >= 11 is 5.25. The average molecular weight is 550 g/mol. The molecule has 2 aromatic rings. The molecule has 1 saturated heterocycles. The van der Waals surface area contributed by atoms with E-state index in [4.69, 9.17) is 4.74 Å². The topological polar surface area (TPSA) is 45.7 Å². The summed E-state index contributed by atoms with van der Waals surface area (Å²) in [5.41, 5.74) is 2.72. The summed E-state index contributed by atoms with van der Waals surface area (Å²) in [5, 5.41) is 11.2. The normalized spacial score (nSPS) is 16.6. The van der Waals surface area contributed by atoms with Crippen molar-refractivity contribution in [3.8, 4) is 0 Å². The highest BCUT2D eigenvalue weighted by molar-refractivity contribution is 14.0. The summed E-state index contributed by atoms with van der Waals surface area (Å²) in [6, 6.07) is 10.8. The second-order valence-electron chi connectivity index (χ2n) is 6.31. The highest BCUT2D eigenvalue weighted by atomic mass is 127. The number of aliphatic imine (C=N–C) groups is 1. The monoisotopic (exact) mass is 549 g/mol. The van der Waals surface area contributed by atoms with E-state index in [-0.39, 0.29) is 29.4 Å². The van der Waals surface area contributed by atoms with Gasteiger partial charge in [0.15, 0.2) is 5.96 Å². The zero-order valence-corrected chi connectivity index (χ0v) is 19.6. The molecule has 1 aromatic heterocycles. The Kier molecular flexibility index (Phi) is 8.86. The maximum atomic E-state index is 5.62. The molecular formula is C19H25BrIN3OS. The van der Waals surface area contributed by atoms with Crippen molar-refractivity contribution in [3.63, 3.8) is 0 Å². The van der Waals surface area contributed by atoms with Crippen molar-refractivity contribution < 1.29 is 4.74 Å². The molecule has 7 heteroatoms. The minimum absolute atomic E-state index is 0. The van der Waals surface area contributed by atoms with Crippen molar-refractivity contribution >= 4 is 57.2 Å². The van der Waals surface area contributed by atoms with Crippen LogP contribution in [0.15, 0.2) is 50.6 Å². The van der Waals surface area contributed by atoms with E-state index < -0.39 is 0 Å². The van der Waals surface area contributed by atoms with Gasteiger partial charge in [-0.05, 0) is 52.9 Å². The Bertz CT molecular complexity index is 685. The molecule has 26 heavy (non-hydrogen) atoms. The summed E-state index contributed by atoms with van der Waals surface area (Å²) in [4.78, 5) is 4.37. The van der Waals surface area contributed by atoms with Gasteiger partial charge in [-0.3, -0.25) is 4.99 Å². The van der Waals surface area contributed by atoms with Crippen LogP contribution in [0.4, 0.5) is 0 Å². The lowest BCUT2D eigenvalue weighted by atomic mass is 9.74. The number of benzene rings is 1. The highest BCUT2D eigenvalue weighted by Crippen LogP contribution is 2.34. The van der Waals surface area contributed by atoms with Gasteiger partial charge in [0.1, 0.15) is 0 Å². The van der Waals surface area contributed by atoms with Crippen LogP contribution >= 0.6 is 51.2 Å². The predicted octanol–water partition coefficient (Wildman–Crippen LogP) is 4.54. The third-order valence-electron chi connectivity index (χ3n) is 4.76. The van der Waals surface area contributed by atoms with Crippen LogP contribution in [0.5, 0.6) is 0 Å². The van der Waals surface area contributed by atoms with E-state index in [1.807, 2.05) is 7.05 Å². The fourth-order valence-corrected chi connectivity index (χ4v) is 4.12. The first-order valence-electron chi connectivity index (χ1n) is 8.51. The van der Waals surface area contributed by atoms with Crippen LogP contribution in [0.2, 0.25) is 0 Å². The molecule has 2 heterocycles. The zero-order valence-electron chi connectivity index (χ0n) is 14.8. The molecule has 0 aliphatic carbocycles. The summed E-state index contributed by atoms with van der Waals surface area (Å²) in [6.45, 7) is 3.25. The summed E-state index contributed by atoms with van der Waals surface area (Å²) in [6.07, 6.45) is 2.03. The van der Waals surface area contributed by atoms with Crippen LogP contribution in [0.25, 0.3) is 0 Å². The number of thiophene rings is 1. The highest BCUT2D eigenvalue weighted by Gasteiger charge is 2.34. The van der Waals surface area contributed by atoms with Gasteiger partial charge in [-0.2, -0.15) is 11.3 Å². The van der Waals surface area contributed by atoms with Gasteiger partial charge in [0.05, 0.1) is 0 Å². The zero-order chi connectivity index (χ0) is 17.5. The van der Waals surface area contributed by atoms with Crippen LogP contribution in [-0.2, 0) is 16.7 Å². The molecule has 1 fully saturated rings. The molecule has 0 bridgehead atoms. The van der Waals surface area contributed by atoms with Gasteiger partial charge in [0.2, 0.25) is 0 Å². The molecule has 2 N–H and O–H groups in total. The van der Waals surface area contributed by atoms with Crippen molar-refractivity contribution in [2.24, 2.45) is 4.99 Å². The van der Waals surface area contributed by atoms with Gasteiger partial charge >= 0.3 is 0 Å². The Morgan fingerprint density at radius 1 is 1.19 bits per heavy atom. The number of ether oxygens (including phenoxy) is 1. The van der Waals surface area contributed by atoms with E-state index in [2.05, 4.69) is 72.6 Å². The van der Waals surface area contributed by atoms with Gasteiger partial charge < -0.3 is 15.4 Å². The first kappa shape index (κ1) is 21.7. The maximum absolute atomic E-state index is 5.62. The fourth-order valence-electron chi connectivity index (χ4n) is 3.19. The second-order valence-corrected chi connectivity index (χ2v) is 8.01. The molecule has 4 nitrogen and oxygen atoms in total. The van der Waals surface area contributed by atoms with Crippen LogP contribution in [0.1, 0.15) is 24.0 Å². The minimum atomic E-state index is 0. The number of guanidine groups is 1. The van der Waals surface area contributed by atoms with Gasteiger partial charge in [-0.1, -0.05) is 28.1 Å². The Balaban J connectivity index is 0.00000243. The number of hydrogen-bond donors (Lipinski definition) is 2. The maximum Gasteiger partial charge on any atom is 0.191 e. The van der Waals surface area contributed by atoms with E-state index in [0.29, 0.717) is 0 Å². The van der Waals surface area contributed by atoms with Crippen molar-refractivity contribution in [3.05, 3.63) is 56.7 Å². The predicted molar refractivity (Wildman–Crippen MR) is 124 cm³/mol. The van der Waals surface area contributed by atoms with Gasteiger partial charge in [-0.15, -0.1) is 24.0 Å². The quantitative estimate of drug-likeness (QED) is 0.327. The summed E-state index contributed by atoms with van der Waals surface area (Å²) in [5.74, 6) is 0.842. The number of halogens is 2. The van der Waals surface area contributed by atoms with E-state index >= 15 is 0 Å². The van der Waals surface area contributed by atoms with Gasteiger partial charge in [-0.25, -0.2) is 0 Å². The van der Waals surface area contributed by atoms with Crippen molar-refractivity contribution in [1.82, 2.24) is 10.6 Å². The molecule has 0 saturated carbocycles. The standard InChI is InChI=1S/C19H24BrN3OS.HI/c1-21-18(22-12-15-6-11-25-13-15)23-14-19(7-9-24-10-8-19)16-2-4-17(20)5-3-16;/h2-6,11,13H,7-10,12,14H2,1H3,(H2,21,22,23);1H. The van der Waals surface area contributed by atoms with E-state index in [9.17, 15) is 0 Å². The molecular weight excluding hydrogens is 525 g/mol. The van der Waals surface area contributed by atoms with Crippen molar-refractivity contribution in [2.45, 2.75) is 24.8 Å². The minimum Gasteiger partial charge on any atom is -0.381 e. The first-order chi connectivity index (χ1) is 12.2. The van der Waals surface area contributed by atoms with Crippen LogP contribution in [0.3, 0.4) is 0 Å². The summed E-state index contributed by atoms with van der Waals surface area (Å²) in [7, 11) is 1.82. The molecule has 0 unspecified atom stereocenters. The molecule has 142 valence electrons. The molecule has 1 aromatic carbocycles. The second kappa shape index (κ2) is 10.6.